The number of allylic oxidation sites excluding steroid dienone is 27. The molecule has 0 bridgehead atoms. The van der Waals surface area contributed by atoms with Gasteiger partial charge in [0.05, 0.1) is 38.6 Å². The minimum Gasteiger partial charge on any atom is -0.394 e. The smallest absolute Gasteiger partial charge is 0.220 e. The van der Waals surface area contributed by atoms with Crippen LogP contribution in [0.5, 0.6) is 0 Å². The first-order valence-electron chi connectivity index (χ1n) is 40.9. The number of ether oxygens (including phenoxy) is 6. The summed E-state index contributed by atoms with van der Waals surface area (Å²) in [6.07, 6.45) is 71.9. The van der Waals surface area contributed by atoms with Gasteiger partial charge in [-0.15, -0.1) is 0 Å². The van der Waals surface area contributed by atoms with Gasteiger partial charge in [-0.1, -0.05) is 280 Å². The number of nitrogens with one attached hydrogen (secondary N) is 1. The highest BCUT2D eigenvalue weighted by Crippen LogP contribution is 2.33. The van der Waals surface area contributed by atoms with E-state index in [2.05, 4.69) is 177 Å². The number of hydrogen-bond donors (Lipinski definition) is 12. The van der Waals surface area contributed by atoms with Crippen molar-refractivity contribution < 1.29 is 89.4 Å². The zero-order valence-corrected chi connectivity index (χ0v) is 65.0. The van der Waals surface area contributed by atoms with Gasteiger partial charge in [0, 0.05) is 6.42 Å². The Hall–Kier alpha value is -4.85. The summed E-state index contributed by atoms with van der Waals surface area (Å²) in [5.41, 5.74) is 0. The number of aliphatic hydroxyl groups is 11. The van der Waals surface area contributed by atoms with Crippen molar-refractivity contribution in [2.45, 2.75) is 349 Å². The second-order valence-corrected chi connectivity index (χ2v) is 28.1. The van der Waals surface area contributed by atoms with E-state index in [1.165, 1.54) is 83.5 Å². The third-order valence-electron chi connectivity index (χ3n) is 19.0. The number of rotatable bonds is 62. The second-order valence-electron chi connectivity index (χ2n) is 28.1. The maximum absolute atomic E-state index is 13.5. The van der Waals surface area contributed by atoms with Gasteiger partial charge in [-0.25, -0.2) is 0 Å². The molecule has 0 aromatic heterocycles. The monoisotopic (exact) mass is 1500 g/mol. The van der Waals surface area contributed by atoms with E-state index in [0.29, 0.717) is 12.8 Å². The second kappa shape index (κ2) is 65.8. The van der Waals surface area contributed by atoms with Crippen LogP contribution in [0.1, 0.15) is 245 Å². The van der Waals surface area contributed by atoms with Crippen LogP contribution in [-0.4, -0.2) is 193 Å². The van der Waals surface area contributed by atoms with Gasteiger partial charge in [-0.3, -0.25) is 4.79 Å². The highest BCUT2D eigenvalue weighted by atomic mass is 16.8. The van der Waals surface area contributed by atoms with Crippen LogP contribution in [0.25, 0.3) is 0 Å². The fourth-order valence-electron chi connectivity index (χ4n) is 12.5. The molecule has 19 heteroatoms. The van der Waals surface area contributed by atoms with Crippen molar-refractivity contribution in [3.05, 3.63) is 170 Å². The lowest BCUT2D eigenvalue weighted by Gasteiger charge is -2.48. The number of carbonyl (C=O) groups is 1. The van der Waals surface area contributed by atoms with E-state index in [0.717, 1.165) is 128 Å². The molecule has 19 nitrogen and oxygen atoms in total. The van der Waals surface area contributed by atoms with Gasteiger partial charge in [0.1, 0.15) is 73.2 Å². The van der Waals surface area contributed by atoms with Crippen LogP contribution in [-0.2, 0) is 33.2 Å². The Morgan fingerprint density at radius 1 is 0.346 bits per heavy atom. The van der Waals surface area contributed by atoms with Crippen molar-refractivity contribution >= 4 is 5.91 Å². The summed E-state index contributed by atoms with van der Waals surface area (Å²) >= 11 is 0. The van der Waals surface area contributed by atoms with E-state index in [1.807, 2.05) is 6.08 Å². The molecule has 3 saturated heterocycles. The minimum atomic E-state index is -1.99. The van der Waals surface area contributed by atoms with Gasteiger partial charge in [-0.2, -0.15) is 0 Å². The maximum Gasteiger partial charge on any atom is 0.220 e. The van der Waals surface area contributed by atoms with E-state index in [1.54, 1.807) is 6.08 Å². The normalized spacial score (nSPS) is 26.5. The Balaban J connectivity index is 1.39. The van der Waals surface area contributed by atoms with Crippen LogP contribution >= 0.6 is 0 Å². The molecular formula is C88H143NO18. The first-order valence-corrected chi connectivity index (χ1v) is 40.9. The van der Waals surface area contributed by atoms with E-state index in [9.17, 15) is 61.0 Å². The fourth-order valence-corrected chi connectivity index (χ4v) is 12.5. The van der Waals surface area contributed by atoms with Crippen LogP contribution in [0.4, 0.5) is 0 Å². The molecular weight excluding hydrogens is 1360 g/mol. The van der Waals surface area contributed by atoms with Gasteiger partial charge in [0.2, 0.25) is 5.91 Å². The Morgan fingerprint density at radius 2 is 0.654 bits per heavy atom. The van der Waals surface area contributed by atoms with Crippen LogP contribution in [0, 0.1) is 0 Å². The molecule has 0 radical (unpaired) electrons. The molecule has 107 heavy (non-hydrogen) atoms. The quantitative estimate of drug-likeness (QED) is 0.0199. The zero-order valence-electron chi connectivity index (χ0n) is 65.0. The highest BCUT2D eigenvalue weighted by Gasteiger charge is 2.54. The van der Waals surface area contributed by atoms with Gasteiger partial charge >= 0.3 is 0 Å². The molecule has 3 fully saturated rings. The van der Waals surface area contributed by atoms with Crippen molar-refractivity contribution in [1.29, 1.82) is 0 Å². The van der Waals surface area contributed by atoms with Crippen LogP contribution in [0.3, 0.4) is 0 Å². The standard InChI is InChI=1S/C88H143NO18/c1-3-5-7-9-11-13-15-17-19-21-23-25-27-28-29-30-31-32-33-34-35-36-37-38-39-40-41-42-44-46-48-50-52-54-56-58-60-62-64-66-76(94)89-71(72(93)65-63-61-59-57-55-53-51-49-47-45-43-26-24-22-20-18-16-14-12-10-8-6-4-2)70-102-86-82(100)79(97)84(74(68-91)104-86)107-88-83(101)80(98)85(75(69-92)105-88)106-87-81(99)78(96)77(95)73(67-90)103-87/h5,7,11,13,17,19,23,25,28-29,31-32,34-35,37-38,40-41,44,46-47,49-50,52,55,57,63,65,71-75,77-88,90-93,95-101H,3-4,6,8-10,12,14-16,18,20-22,24,26-27,30,33,36,39,42-43,45,48,51,53-54,56,58-62,64,66-70H2,1-2H3,(H,89,94)/b7-5-,13-11-,19-17-,25-23-,29-28-,32-31-,35-34-,38-37-,41-40-,46-44-,49-47+,52-50-,57-55+,65-63+. The molecule has 3 aliphatic heterocycles. The molecule has 17 atom stereocenters. The average molecular weight is 1500 g/mol. The first kappa shape index (κ1) is 96.3. The van der Waals surface area contributed by atoms with Gasteiger partial charge in [-0.05, 0) is 128 Å². The summed E-state index contributed by atoms with van der Waals surface area (Å²) in [6.45, 7) is 1.57. The molecule has 0 aliphatic carbocycles. The third-order valence-corrected chi connectivity index (χ3v) is 19.0. The molecule has 0 aromatic rings. The topological polar surface area (TPSA) is 307 Å². The first-order chi connectivity index (χ1) is 52.3. The van der Waals surface area contributed by atoms with E-state index < -0.39 is 131 Å². The Morgan fingerprint density at radius 3 is 1.05 bits per heavy atom. The predicted molar refractivity (Wildman–Crippen MR) is 428 cm³/mol. The predicted octanol–water partition coefficient (Wildman–Crippen LogP) is 14.2. The van der Waals surface area contributed by atoms with Gasteiger partial charge in [0.15, 0.2) is 18.9 Å². The minimum absolute atomic E-state index is 0.198. The fraction of sp³-hybridized carbons (Fsp3) is 0.670. The number of unbranched alkanes of at least 4 members (excludes halogenated alkanes) is 20. The van der Waals surface area contributed by atoms with E-state index >= 15 is 0 Å². The number of carbonyl (C=O) groups excluding carboxylic acids is 1. The molecule has 1 amide bonds. The molecule has 0 aromatic carbocycles. The largest absolute Gasteiger partial charge is 0.394 e. The molecule has 12 N–H and O–H groups in total. The lowest BCUT2D eigenvalue weighted by molar-refractivity contribution is -0.379. The number of hydrogen-bond acceptors (Lipinski definition) is 18. The van der Waals surface area contributed by atoms with Crippen molar-refractivity contribution in [3.8, 4) is 0 Å². The SMILES string of the molecule is CC/C=C\C/C=C\C/C=C\C/C=C\C/C=C\C/C=C\C/C=C\C/C=C\C/C=C\C/C=C\C/C=C\CCCCCCCC(=O)NC(COC1OC(CO)C(OC2OC(CO)C(OC3OC(CO)C(O)C(O)C3O)C(O)C2O)C(O)C1O)C(O)/C=C/CC/C=C/CC/C=C/CCCCCCCCCCCCCCC. The lowest BCUT2D eigenvalue weighted by Crippen LogP contribution is -2.66. The molecule has 0 spiro atoms. The average Bonchev–Trinajstić information content (AvgIpc) is 0.781. The summed E-state index contributed by atoms with van der Waals surface area (Å²) in [5, 5.41) is 121. The van der Waals surface area contributed by atoms with Crippen LogP contribution < -0.4 is 5.32 Å². The maximum atomic E-state index is 13.5. The van der Waals surface area contributed by atoms with Gasteiger partial charge < -0.3 is 89.9 Å². The molecule has 17 unspecified atom stereocenters. The summed E-state index contributed by atoms with van der Waals surface area (Å²) in [7, 11) is 0. The summed E-state index contributed by atoms with van der Waals surface area (Å²) in [6, 6.07) is -1.02. The third kappa shape index (κ3) is 45.3. The lowest BCUT2D eigenvalue weighted by atomic mass is 9.96. The Kier molecular flexibility index (Phi) is 59.3. The van der Waals surface area contributed by atoms with Gasteiger partial charge in [0.25, 0.3) is 0 Å². The van der Waals surface area contributed by atoms with Crippen molar-refractivity contribution in [2.24, 2.45) is 0 Å². The Bertz CT molecular complexity index is 2600. The number of aliphatic hydroxyl groups excluding tert-OH is 11. The molecule has 3 heterocycles. The summed E-state index contributed by atoms with van der Waals surface area (Å²) < 4.78 is 34.4. The van der Waals surface area contributed by atoms with Crippen LogP contribution in [0.15, 0.2) is 170 Å². The molecule has 0 saturated carbocycles. The summed E-state index contributed by atoms with van der Waals surface area (Å²) in [5.74, 6) is -0.315. The molecule has 3 rings (SSSR count). The van der Waals surface area contributed by atoms with Crippen LogP contribution in [0.2, 0.25) is 0 Å². The van der Waals surface area contributed by atoms with Crippen molar-refractivity contribution in [1.82, 2.24) is 5.32 Å². The zero-order chi connectivity index (χ0) is 77.4. The van der Waals surface area contributed by atoms with Crippen molar-refractivity contribution in [2.75, 3.05) is 26.4 Å². The number of amides is 1. The molecule has 3 aliphatic rings. The Labute approximate surface area is 643 Å². The summed E-state index contributed by atoms with van der Waals surface area (Å²) in [4.78, 5) is 13.5. The van der Waals surface area contributed by atoms with Crippen molar-refractivity contribution in [3.63, 3.8) is 0 Å². The molecule has 608 valence electrons. The van der Waals surface area contributed by atoms with E-state index in [-0.39, 0.29) is 12.3 Å². The highest BCUT2D eigenvalue weighted by molar-refractivity contribution is 5.76. The van der Waals surface area contributed by atoms with E-state index in [4.69, 9.17) is 28.4 Å².